The number of allylic oxidation sites excluding steroid dienone is 4. The highest BCUT2D eigenvalue weighted by atomic mass is 28.3. The first-order valence-corrected chi connectivity index (χ1v) is 9.87. The van der Waals surface area contributed by atoms with Gasteiger partial charge in [0, 0.05) is 0 Å². The Morgan fingerprint density at radius 1 is 1.11 bits per heavy atom. The molecule has 0 spiro atoms. The molecule has 1 atom stereocenters. The van der Waals surface area contributed by atoms with Crippen LogP contribution in [0.1, 0.15) is 33.1 Å². The third-order valence-corrected chi connectivity index (χ3v) is 9.21. The molecule has 1 aliphatic carbocycles. The molecule has 0 amide bonds. The van der Waals surface area contributed by atoms with Crippen molar-refractivity contribution >= 4 is 13.3 Å². The van der Waals surface area contributed by atoms with E-state index in [9.17, 15) is 0 Å². The normalized spacial score (nSPS) is 18.2. The Hall–Kier alpha value is -1.08. The van der Waals surface area contributed by atoms with Crippen molar-refractivity contribution in [3.63, 3.8) is 0 Å². The van der Waals surface area contributed by atoms with E-state index in [1.165, 1.54) is 25.3 Å². The van der Waals surface area contributed by atoms with Crippen LogP contribution in [-0.4, -0.2) is 8.07 Å². The van der Waals surface area contributed by atoms with Gasteiger partial charge in [0.25, 0.3) is 0 Å². The molecule has 18 heavy (non-hydrogen) atoms. The minimum Gasteiger partial charge on any atom is -0.0806 e. The first kappa shape index (κ1) is 13.4. The van der Waals surface area contributed by atoms with Crippen LogP contribution in [-0.2, 0) is 0 Å². The lowest BCUT2D eigenvalue weighted by Crippen LogP contribution is -2.46. The molecule has 0 heterocycles. The minimum absolute atomic E-state index is 1.20. The SMILES string of the molecule is CCCC1=C([Si](C)(CC)c2ccccc2)CC=C1. The van der Waals surface area contributed by atoms with Gasteiger partial charge < -0.3 is 0 Å². The molecule has 96 valence electrons. The molecule has 0 bridgehead atoms. The van der Waals surface area contributed by atoms with Crippen LogP contribution in [0.5, 0.6) is 0 Å². The largest absolute Gasteiger partial charge is 0.111 e. The molecule has 1 aromatic rings. The minimum atomic E-state index is -1.45. The quantitative estimate of drug-likeness (QED) is 0.676. The van der Waals surface area contributed by atoms with E-state index in [1.807, 2.05) is 0 Å². The Bertz CT molecular complexity index is 456. The maximum Gasteiger partial charge on any atom is 0.111 e. The lowest BCUT2D eigenvalue weighted by atomic mass is 10.2. The Labute approximate surface area is 112 Å². The first-order valence-electron chi connectivity index (χ1n) is 7.17. The van der Waals surface area contributed by atoms with Crippen LogP contribution in [0.25, 0.3) is 0 Å². The Kier molecular flexibility index (Phi) is 4.23. The standard InChI is InChI=1S/C17H24Si/c1-4-10-15-11-9-14-17(15)18(3,5-2)16-12-7-6-8-13-16/h6-9,11-13H,4-5,10,14H2,1-3H3. The van der Waals surface area contributed by atoms with Crippen molar-refractivity contribution in [2.24, 2.45) is 0 Å². The third-order valence-electron chi connectivity index (χ3n) is 4.33. The second kappa shape index (κ2) is 5.70. The van der Waals surface area contributed by atoms with E-state index in [0.717, 1.165) is 0 Å². The molecule has 1 aliphatic rings. The summed E-state index contributed by atoms with van der Waals surface area (Å²) in [6.45, 7) is 7.19. The number of rotatable bonds is 5. The van der Waals surface area contributed by atoms with Crippen LogP contribution < -0.4 is 5.19 Å². The van der Waals surface area contributed by atoms with E-state index in [4.69, 9.17) is 0 Å². The second-order valence-electron chi connectivity index (χ2n) is 5.41. The monoisotopic (exact) mass is 256 g/mol. The van der Waals surface area contributed by atoms with Gasteiger partial charge in [0.15, 0.2) is 0 Å². The molecule has 2 rings (SSSR count). The zero-order valence-corrected chi connectivity index (χ0v) is 12.9. The lowest BCUT2D eigenvalue weighted by Gasteiger charge is -2.30. The summed E-state index contributed by atoms with van der Waals surface area (Å²) in [5.74, 6) is 0. The van der Waals surface area contributed by atoms with Crippen LogP contribution in [0.3, 0.4) is 0 Å². The van der Waals surface area contributed by atoms with Gasteiger partial charge in [-0.2, -0.15) is 0 Å². The van der Waals surface area contributed by atoms with E-state index in [2.05, 4.69) is 62.9 Å². The van der Waals surface area contributed by atoms with E-state index < -0.39 is 8.07 Å². The smallest absolute Gasteiger partial charge is 0.0806 e. The molecule has 0 nitrogen and oxygen atoms in total. The van der Waals surface area contributed by atoms with E-state index in [1.54, 1.807) is 16.0 Å². The van der Waals surface area contributed by atoms with E-state index >= 15 is 0 Å². The maximum absolute atomic E-state index is 2.54. The predicted octanol–water partition coefficient (Wildman–Crippen LogP) is 4.59. The van der Waals surface area contributed by atoms with Gasteiger partial charge in [-0.05, 0) is 12.8 Å². The van der Waals surface area contributed by atoms with Crippen LogP contribution in [0.2, 0.25) is 12.6 Å². The summed E-state index contributed by atoms with van der Waals surface area (Å²) in [5, 5.41) is 3.37. The molecule has 0 fully saturated rings. The van der Waals surface area contributed by atoms with Gasteiger partial charge in [0.1, 0.15) is 8.07 Å². The summed E-state index contributed by atoms with van der Waals surface area (Å²) in [7, 11) is -1.45. The van der Waals surface area contributed by atoms with Crippen molar-refractivity contribution in [3.8, 4) is 0 Å². The molecule has 1 aromatic carbocycles. The summed E-state index contributed by atoms with van der Waals surface area (Å²) >= 11 is 0. The van der Waals surface area contributed by atoms with Gasteiger partial charge in [0.2, 0.25) is 0 Å². The molecule has 0 aliphatic heterocycles. The summed E-state index contributed by atoms with van der Waals surface area (Å²) in [4.78, 5) is 0. The van der Waals surface area contributed by atoms with Crippen LogP contribution >= 0.6 is 0 Å². The zero-order chi connectivity index (χ0) is 13.0. The van der Waals surface area contributed by atoms with Crippen molar-refractivity contribution in [2.75, 3.05) is 0 Å². The van der Waals surface area contributed by atoms with Crippen LogP contribution in [0, 0.1) is 0 Å². The number of benzene rings is 1. The highest BCUT2D eigenvalue weighted by Gasteiger charge is 2.33. The fourth-order valence-electron chi connectivity index (χ4n) is 3.03. The molecule has 0 aromatic heterocycles. The summed E-state index contributed by atoms with van der Waals surface area (Å²) in [6, 6.07) is 12.5. The van der Waals surface area contributed by atoms with Crippen molar-refractivity contribution < 1.29 is 0 Å². The fraction of sp³-hybridized carbons (Fsp3) is 0.412. The van der Waals surface area contributed by atoms with E-state index in [0.29, 0.717) is 0 Å². The molecule has 0 saturated heterocycles. The van der Waals surface area contributed by atoms with Gasteiger partial charge >= 0.3 is 0 Å². The summed E-state index contributed by atoms with van der Waals surface area (Å²) in [6.07, 6.45) is 8.45. The topological polar surface area (TPSA) is 0 Å². The van der Waals surface area contributed by atoms with Crippen molar-refractivity contribution in [2.45, 2.75) is 45.7 Å². The third kappa shape index (κ3) is 2.37. The first-order chi connectivity index (χ1) is 8.72. The van der Waals surface area contributed by atoms with Gasteiger partial charge in [0.05, 0.1) is 0 Å². The zero-order valence-electron chi connectivity index (χ0n) is 11.9. The average Bonchev–Trinajstić information content (AvgIpc) is 2.88. The molecule has 0 saturated carbocycles. The predicted molar refractivity (Wildman–Crippen MR) is 83.9 cm³/mol. The van der Waals surface area contributed by atoms with Gasteiger partial charge in [-0.25, -0.2) is 0 Å². The second-order valence-corrected chi connectivity index (χ2v) is 9.96. The Morgan fingerprint density at radius 3 is 2.44 bits per heavy atom. The lowest BCUT2D eigenvalue weighted by molar-refractivity contribution is 0.923. The molecule has 0 N–H and O–H groups in total. The van der Waals surface area contributed by atoms with Gasteiger partial charge in [-0.15, -0.1) is 0 Å². The van der Waals surface area contributed by atoms with Crippen molar-refractivity contribution in [3.05, 3.63) is 53.3 Å². The number of hydrogen-bond donors (Lipinski definition) is 0. The van der Waals surface area contributed by atoms with Crippen LogP contribution in [0.15, 0.2) is 53.3 Å². The molecule has 1 unspecified atom stereocenters. The fourth-order valence-corrected chi connectivity index (χ4v) is 6.63. The highest BCUT2D eigenvalue weighted by Crippen LogP contribution is 2.32. The Balaban J connectivity index is 2.42. The highest BCUT2D eigenvalue weighted by molar-refractivity contribution is 6.96. The summed E-state index contributed by atoms with van der Waals surface area (Å²) < 4.78 is 0. The molecular formula is C17H24Si. The maximum atomic E-state index is 2.54. The number of hydrogen-bond acceptors (Lipinski definition) is 0. The Morgan fingerprint density at radius 2 is 1.83 bits per heavy atom. The van der Waals surface area contributed by atoms with Crippen LogP contribution in [0.4, 0.5) is 0 Å². The van der Waals surface area contributed by atoms with Gasteiger partial charge in [-0.3, -0.25) is 0 Å². The van der Waals surface area contributed by atoms with Gasteiger partial charge in [-0.1, -0.05) is 91.3 Å². The molecule has 1 heteroatoms. The molecular weight excluding hydrogens is 232 g/mol. The average molecular weight is 256 g/mol. The van der Waals surface area contributed by atoms with E-state index in [-0.39, 0.29) is 0 Å². The summed E-state index contributed by atoms with van der Waals surface area (Å²) in [5.41, 5.74) is 1.64. The van der Waals surface area contributed by atoms with Crippen molar-refractivity contribution in [1.29, 1.82) is 0 Å². The van der Waals surface area contributed by atoms with Crippen molar-refractivity contribution in [1.82, 2.24) is 0 Å². The molecule has 0 radical (unpaired) electrons.